The first-order valence-corrected chi connectivity index (χ1v) is 7.48. The smallest absolute Gasteiger partial charge is 0.137 e. The van der Waals surface area contributed by atoms with Gasteiger partial charge in [-0.25, -0.2) is 9.97 Å². The average molecular weight is 277 g/mol. The second-order valence-electron chi connectivity index (χ2n) is 6.14. The standard InChI is InChI=1S/C15H27N5/c1-6-7-13-17-14(16)11(3)15(18-13)20-8-10(2)12(9-20)19(4)5/h10,12H,6-9H2,1-5H3,(H2,16,17,18). The summed E-state index contributed by atoms with van der Waals surface area (Å²) in [5.74, 6) is 3.15. The van der Waals surface area contributed by atoms with Crippen LogP contribution >= 0.6 is 0 Å². The molecular weight excluding hydrogens is 250 g/mol. The highest BCUT2D eigenvalue weighted by Gasteiger charge is 2.32. The van der Waals surface area contributed by atoms with E-state index < -0.39 is 0 Å². The van der Waals surface area contributed by atoms with E-state index in [1.807, 2.05) is 6.92 Å². The lowest BCUT2D eigenvalue weighted by Gasteiger charge is -2.23. The van der Waals surface area contributed by atoms with Crippen LogP contribution in [0.4, 0.5) is 11.6 Å². The first kappa shape index (κ1) is 15.0. The number of hydrogen-bond acceptors (Lipinski definition) is 5. The second kappa shape index (κ2) is 5.95. The monoisotopic (exact) mass is 277 g/mol. The number of rotatable bonds is 4. The highest BCUT2D eigenvalue weighted by atomic mass is 15.3. The molecule has 0 spiro atoms. The Morgan fingerprint density at radius 3 is 2.55 bits per heavy atom. The largest absolute Gasteiger partial charge is 0.383 e. The third-order valence-corrected chi connectivity index (χ3v) is 4.21. The van der Waals surface area contributed by atoms with E-state index >= 15 is 0 Å². The van der Waals surface area contributed by atoms with Gasteiger partial charge < -0.3 is 15.5 Å². The van der Waals surface area contributed by atoms with Crippen LogP contribution in [0.3, 0.4) is 0 Å². The molecule has 1 aromatic heterocycles. The molecule has 2 heterocycles. The van der Waals surface area contributed by atoms with Crippen LogP contribution in [-0.2, 0) is 6.42 Å². The van der Waals surface area contributed by atoms with Gasteiger partial charge in [0, 0.05) is 31.1 Å². The van der Waals surface area contributed by atoms with Gasteiger partial charge in [0.1, 0.15) is 17.5 Å². The van der Waals surface area contributed by atoms with Crippen LogP contribution in [0.25, 0.3) is 0 Å². The number of anilines is 2. The highest BCUT2D eigenvalue weighted by molar-refractivity contribution is 5.57. The first-order valence-electron chi connectivity index (χ1n) is 7.48. The van der Waals surface area contributed by atoms with Crippen molar-refractivity contribution in [2.75, 3.05) is 37.8 Å². The zero-order valence-corrected chi connectivity index (χ0v) is 13.3. The molecule has 2 unspecified atom stereocenters. The fourth-order valence-corrected chi connectivity index (χ4v) is 3.01. The van der Waals surface area contributed by atoms with Crippen molar-refractivity contribution in [2.45, 2.75) is 39.7 Å². The van der Waals surface area contributed by atoms with E-state index in [0.29, 0.717) is 17.8 Å². The summed E-state index contributed by atoms with van der Waals surface area (Å²) < 4.78 is 0. The van der Waals surface area contributed by atoms with Crippen LogP contribution in [-0.4, -0.2) is 48.1 Å². The number of nitrogen functional groups attached to an aromatic ring is 1. The van der Waals surface area contributed by atoms with Crippen LogP contribution in [0.1, 0.15) is 31.7 Å². The van der Waals surface area contributed by atoms with Gasteiger partial charge in [0.2, 0.25) is 0 Å². The predicted molar refractivity (Wildman–Crippen MR) is 84.0 cm³/mol. The van der Waals surface area contributed by atoms with Crippen LogP contribution < -0.4 is 10.6 Å². The molecule has 1 aliphatic rings. The SMILES string of the molecule is CCCc1nc(N)c(C)c(N2CC(C)C(N(C)C)C2)n1. The molecule has 1 aliphatic heterocycles. The third kappa shape index (κ3) is 2.87. The summed E-state index contributed by atoms with van der Waals surface area (Å²) in [7, 11) is 4.29. The Hall–Kier alpha value is -1.36. The maximum atomic E-state index is 6.06. The van der Waals surface area contributed by atoms with Crippen molar-refractivity contribution in [3.8, 4) is 0 Å². The molecule has 0 aromatic carbocycles. The molecule has 0 radical (unpaired) electrons. The summed E-state index contributed by atoms with van der Waals surface area (Å²) in [4.78, 5) is 13.8. The van der Waals surface area contributed by atoms with E-state index in [0.717, 1.165) is 43.1 Å². The van der Waals surface area contributed by atoms with Gasteiger partial charge in [0.05, 0.1) is 0 Å². The fraction of sp³-hybridized carbons (Fsp3) is 0.733. The topological polar surface area (TPSA) is 58.3 Å². The Kier molecular flexibility index (Phi) is 4.48. The Morgan fingerprint density at radius 2 is 2.00 bits per heavy atom. The van der Waals surface area contributed by atoms with Crippen molar-refractivity contribution >= 4 is 11.6 Å². The summed E-state index contributed by atoms with van der Waals surface area (Å²) in [6, 6.07) is 0.570. The summed E-state index contributed by atoms with van der Waals surface area (Å²) >= 11 is 0. The van der Waals surface area contributed by atoms with E-state index in [9.17, 15) is 0 Å². The van der Waals surface area contributed by atoms with Crippen LogP contribution in [0, 0.1) is 12.8 Å². The Labute approximate surface area is 122 Å². The number of likely N-dealkylation sites (N-methyl/N-ethyl adjacent to an activating group) is 1. The highest BCUT2D eigenvalue weighted by Crippen LogP contribution is 2.29. The van der Waals surface area contributed by atoms with E-state index in [2.05, 4.69) is 42.7 Å². The van der Waals surface area contributed by atoms with Crippen molar-refractivity contribution in [3.05, 3.63) is 11.4 Å². The van der Waals surface area contributed by atoms with Crippen molar-refractivity contribution in [2.24, 2.45) is 5.92 Å². The molecule has 5 heteroatoms. The number of nitrogens with zero attached hydrogens (tertiary/aromatic N) is 4. The van der Waals surface area contributed by atoms with E-state index in [1.54, 1.807) is 0 Å². The number of nitrogens with two attached hydrogens (primary N) is 1. The molecule has 0 bridgehead atoms. The molecule has 1 fully saturated rings. The molecule has 2 atom stereocenters. The minimum absolute atomic E-state index is 0.570. The lowest BCUT2D eigenvalue weighted by molar-refractivity contribution is 0.266. The number of aromatic nitrogens is 2. The normalized spacial score (nSPS) is 22.8. The van der Waals surface area contributed by atoms with E-state index in [-0.39, 0.29) is 0 Å². The molecule has 0 saturated carbocycles. The molecule has 1 saturated heterocycles. The van der Waals surface area contributed by atoms with E-state index in [1.165, 1.54) is 0 Å². The minimum Gasteiger partial charge on any atom is -0.383 e. The Balaban J connectivity index is 2.29. The molecule has 2 rings (SSSR count). The van der Waals surface area contributed by atoms with Gasteiger partial charge in [-0.15, -0.1) is 0 Å². The lowest BCUT2D eigenvalue weighted by atomic mass is 10.1. The van der Waals surface area contributed by atoms with Gasteiger partial charge >= 0.3 is 0 Å². The Bertz CT molecular complexity index is 472. The van der Waals surface area contributed by atoms with Crippen LogP contribution in [0.15, 0.2) is 0 Å². The molecule has 5 nitrogen and oxygen atoms in total. The molecule has 1 aromatic rings. The van der Waals surface area contributed by atoms with Crippen molar-refractivity contribution < 1.29 is 0 Å². The molecule has 2 N–H and O–H groups in total. The maximum Gasteiger partial charge on any atom is 0.137 e. The summed E-state index contributed by atoms with van der Waals surface area (Å²) in [5.41, 5.74) is 7.07. The third-order valence-electron chi connectivity index (χ3n) is 4.21. The fourth-order valence-electron chi connectivity index (χ4n) is 3.01. The molecule has 0 aliphatic carbocycles. The van der Waals surface area contributed by atoms with Crippen LogP contribution in [0.5, 0.6) is 0 Å². The van der Waals surface area contributed by atoms with Crippen molar-refractivity contribution in [1.29, 1.82) is 0 Å². The Morgan fingerprint density at radius 1 is 1.30 bits per heavy atom. The zero-order valence-electron chi connectivity index (χ0n) is 13.3. The van der Waals surface area contributed by atoms with Crippen LogP contribution in [0.2, 0.25) is 0 Å². The van der Waals surface area contributed by atoms with Crippen molar-refractivity contribution in [1.82, 2.24) is 14.9 Å². The lowest BCUT2D eigenvalue weighted by Crippen LogP contribution is -2.34. The minimum atomic E-state index is 0.570. The van der Waals surface area contributed by atoms with Crippen molar-refractivity contribution in [3.63, 3.8) is 0 Å². The molecule has 0 amide bonds. The van der Waals surface area contributed by atoms with Gasteiger partial charge in [-0.2, -0.15) is 0 Å². The molecule has 112 valence electrons. The maximum absolute atomic E-state index is 6.06. The molecular formula is C15H27N5. The van der Waals surface area contributed by atoms with Gasteiger partial charge in [-0.05, 0) is 33.4 Å². The average Bonchev–Trinajstić information content (AvgIpc) is 2.76. The second-order valence-corrected chi connectivity index (χ2v) is 6.14. The number of hydrogen-bond donors (Lipinski definition) is 1. The first-order chi connectivity index (χ1) is 9.43. The predicted octanol–water partition coefficient (Wildman–Crippen LogP) is 1.71. The summed E-state index contributed by atoms with van der Waals surface area (Å²) in [5, 5.41) is 0. The number of aryl methyl sites for hydroxylation is 1. The van der Waals surface area contributed by atoms with Gasteiger partial charge in [0.25, 0.3) is 0 Å². The quantitative estimate of drug-likeness (QED) is 0.908. The zero-order chi connectivity index (χ0) is 14.9. The summed E-state index contributed by atoms with van der Waals surface area (Å²) in [6.45, 7) is 8.51. The van der Waals surface area contributed by atoms with Gasteiger partial charge in [-0.1, -0.05) is 13.8 Å². The molecule has 20 heavy (non-hydrogen) atoms. The van der Waals surface area contributed by atoms with Gasteiger partial charge in [-0.3, -0.25) is 0 Å². The summed E-state index contributed by atoms with van der Waals surface area (Å²) in [6.07, 6.45) is 1.93. The van der Waals surface area contributed by atoms with Gasteiger partial charge in [0.15, 0.2) is 0 Å². The van der Waals surface area contributed by atoms with E-state index in [4.69, 9.17) is 10.7 Å².